The maximum atomic E-state index is 14.1. The van der Waals surface area contributed by atoms with Gasteiger partial charge in [0, 0.05) is 113 Å². The topological polar surface area (TPSA) is 293 Å². The van der Waals surface area contributed by atoms with Gasteiger partial charge < -0.3 is 9.74 Å². The summed E-state index contributed by atoms with van der Waals surface area (Å²) in [6, 6.07) is 16.3. The van der Waals surface area contributed by atoms with Crippen molar-refractivity contribution in [3.05, 3.63) is 118 Å². The molecule has 0 radical (unpaired) electrons. The van der Waals surface area contributed by atoms with Crippen LogP contribution in [0.4, 0.5) is 11.4 Å². The Morgan fingerprint density at radius 3 is 2.14 bits per heavy atom. The fourth-order valence-electron chi connectivity index (χ4n) is 9.86. The Hall–Kier alpha value is -4.76. The third-order valence-electron chi connectivity index (χ3n) is 13.8. The van der Waals surface area contributed by atoms with Crippen molar-refractivity contribution in [1.82, 2.24) is 9.37 Å². The van der Waals surface area contributed by atoms with Crippen LogP contribution in [0.3, 0.4) is 0 Å². The first-order valence-electron chi connectivity index (χ1n) is 24.8. The van der Waals surface area contributed by atoms with Crippen LogP contribution in [-0.4, -0.2) is 121 Å². The predicted molar refractivity (Wildman–Crippen MR) is 294 cm³/mol. The fraction of sp³-hybridized carbons (Fsp3) is 0.412. The highest BCUT2D eigenvalue weighted by Crippen LogP contribution is 2.50. The molecule has 28 heteroatoms. The average molecular weight is 1210 g/mol. The van der Waals surface area contributed by atoms with Crippen LogP contribution in [0, 0.1) is 0 Å². The van der Waals surface area contributed by atoms with Crippen molar-refractivity contribution in [3.8, 4) is 0 Å². The Balaban J connectivity index is 1.26. The summed E-state index contributed by atoms with van der Waals surface area (Å²) >= 11 is 3.12. The molecule has 3 aromatic carbocycles. The maximum Gasteiger partial charge on any atom is 0.333 e. The van der Waals surface area contributed by atoms with Crippen molar-refractivity contribution in [2.75, 3.05) is 43.1 Å². The van der Waals surface area contributed by atoms with E-state index < -0.39 is 64.6 Å². The van der Waals surface area contributed by atoms with E-state index in [-0.39, 0.29) is 55.0 Å². The van der Waals surface area contributed by atoms with Gasteiger partial charge in [-0.1, -0.05) is 47.8 Å². The summed E-state index contributed by atoms with van der Waals surface area (Å²) in [6.07, 6.45) is 10.4. The van der Waals surface area contributed by atoms with Gasteiger partial charge >= 0.3 is 5.97 Å². The number of hydroxylamine groups is 2. The Kier molecular flexibility index (Phi) is 20.4. The van der Waals surface area contributed by atoms with Crippen LogP contribution < -0.4 is 4.90 Å². The van der Waals surface area contributed by atoms with Crippen molar-refractivity contribution in [2.24, 2.45) is 0 Å². The van der Waals surface area contributed by atoms with E-state index >= 15 is 0 Å². The van der Waals surface area contributed by atoms with Gasteiger partial charge in [-0.15, -0.1) is 13.7 Å². The number of hydrogen-bond acceptors (Lipinski definition) is 20. The number of imide groups is 1. The summed E-state index contributed by atoms with van der Waals surface area (Å²) < 4.78 is 108. The van der Waals surface area contributed by atoms with Crippen molar-refractivity contribution >= 4 is 101 Å². The molecule has 2 amide bonds. The highest BCUT2D eigenvalue weighted by atomic mass is 32.2. The van der Waals surface area contributed by atoms with Crippen LogP contribution in [0.1, 0.15) is 96.6 Å². The number of nitrogens with zero attached hydrogens (tertiary/aromatic N) is 4. The minimum Gasteiger partial charge on any atom is -0.344 e. The minimum absolute atomic E-state index is 0.0136. The zero-order valence-corrected chi connectivity index (χ0v) is 48.6. The van der Waals surface area contributed by atoms with Crippen molar-refractivity contribution < 1.29 is 87.4 Å². The quantitative estimate of drug-likeness (QED) is 0.0111. The van der Waals surface area contributed by atoms with E-state index in [9.17, 15) is 48.7 Å². The number of benzene rings is 3. The van der Waals surface area contributed by atoms with Gasteiger partial charge in [0.05, 0.1) is 33.0 Å². The number of carbonyl (C=O) groups is 3. The Morgan fingerprint density at radius 1 is 0.785 bits per heavy atom. The van der Waals surface area contributed by atoms with Gasteiger partial charge in [0.25, 0.3) is 32.1 Å². The summed E-state index contributed by atoms with van der Waals surface area (Å²) in [6.45, 7) is 8.63. The van der Waals surface area contributed by atoms with Crippen molar-refractivity contribution in [1.29, 1.82) is 0 Å². The number of sulfonamides is 1. The first kappa shape index (κ1) is 61.9. The highest BCUT2D eigenvalue weighted by molar-refractivity contribution is 8.03. The number of carbonyl (C=O) groups excluding carboxylic acids is 3. The molecule has 3 aromatic rings. The first-order chi connectivity index (χ1) is 37.3. The van der Waals surface area contributed by atoms with E-state index in [2.05, 4.69) is 19.3 Å². The van der Waals surface area contributed by atoms with Crippen LogP contribution in [0.2, 0.25) is 0 Å². The number of hydrogen-bond donors (Lipinski definition) is 4. The molecule has 0 unspecified atom stereocenters. The molecule has 0 atom stereocenters. The van der Waals surface area contributed by atoms with Gasteiger partial charge in [-0.2, -0.15) is 21.4 Å². The lowest BCUT2D eigenvalue weighted by atomic mass is 9.81. The molecule has 0 saturated carbocycles. The van der Waals surface area contributed by atoms with Gasteiger partial charge in [0.1, 0.15) is 6.54 Å². The van der Waals surface area contributed by atoms with Crippen LogP contribution in [-0.2, 0) is 79.1 Å². The molecule has 3 aliphatic heterocycles. The molecular weight excluding hydrogens is 1150 g/mol. The molecule has 0 aromatic heterocycles. The van der Waals surface area contributed by atoms with E-state index in [1.165, 1.54) is 37.0 Å². The molecule has 1 fully saturated rings. The summed E-state index contributed by atoms with van der Waals surface area (Å²) in [5.41, 5.74) is 5.21. The van der Waals surface area contributed by atoms with E-state index in [1.807, 2.05) is 68.7 Å². The van der Waals surface area contributed by atoms with Crippen molar-refractivity contribution in [2.45, 2.75) is 116 Å². The number of fused-ring (bicyclic) bond motifs is 2. The second kappa shape index (κ2) is 26.0. The molecule has 0 bridgehead atoms. The molecular formula is C51H61N4O18S6+. The van der Waals surface area contributed by atoms with Gasteiger partial charge in [0.15, 0.2) is 5.71 Å². The van der Waals surface area contributed by atoms with Crippen LogP contribution in [0.25, 0.3) is 0 Å². The third kappa shape index (κ3) is 14.8. The Morgan fingerprint density at radius 2 is 1.47 bits per heavy atom. The van der Waals surface area contributed by atoms with E-state index in [0.29, 0.717) is 52.0 Å². The maximum absolute atomic E-state index is 14.1. The SMILES string of the molecule is CN(CCCC(=O)ON1C(=O)CCC1=O)S(=O)(=O)c1ccc2c(c1)C(C)(C)/C(=C\C=C1/CCCC(/C=C/C3=[N+](CCCS(=O)(=O)O)c4ccc(SOOO)cc4C3(C)C)=C1Sc1ccc(S(=O)(=O)O)cc1)N2CCCSOOO. The lowest BCUT2D eigenvalue weighted by molar-refractivity contribution is -0.437. The highest BCUT2D eigenvalue weighted by Gasteiger charge is 2.45. The lowest BCUT2D eigenvalue weighted by Gasteiger charge is -2.27. The largest absolute Gasteiger partial charge is 0.344 e. The zero-order valence-electron chi connectivity index (χ0n) is 43.7. The second-order valence-electron chi connectivity index (χ2n) is 19.8. The average Bonchev–Trinajstić information content (AvgIpc) is 4.10. The molecule has 79 heavy (non-hydrogen) atoms. The Labute approximate surface area is 471 Å². The van der Waals surface area contributed by atoms with E-state index in [0.717, 1.165) is 79.2 Å². The van der Waals surface area contributed by atoms with Gasteiger partial charge in [-0.05, 0) is 123 Å². The van der Waals surface area contributed by atoms with E-state index in [1.54, 1.807) is 30.3 Å². The zero-order chi connectivity index (χ0) is 57.5. The van der Waals surface area contributed by atoms with Crippen LogP contribution in [0.5, 0.6) is 0 Å². The van der Waals surface area contributed by atoms with E-state index in [4.69, 9.17) is 19.7 Å². The summed E-state index contributed by atoms with van der Waals surface area (Å²) in [5, 5.41) is 25.7. The second-order valence-corrected chi connectivity index (χ2v) is 27.5. The summed E-state index contributed by atoms with van der Waals surface area (Å²) in [7, 11) is -11.5. The molecule has 428 valence electrons. The van der Waals surface area contributed by atoms with Crippen LogP contribution >= 0.6 is 35.8 Å². The third-order valence-corrected chi connectivity index (χ3v) is 19.8. The number of anilines is 1. The van der Waals surface area contributed by atoms with Crippen molar-refractivity contribution in [3.63, 3.8) is 0 Å². The monoisotopic (exact) mass is 1210 g/mol. The molecule has 3 heterocycles. The number of thioether (sulfide) groups is 1. The minimum atomic E-state index is -4.48. The Bertz CT molecular complexity index is 3320. The van der Waals surface area contributed by atoms with Gasteiger partial charge in [-0.25, -0.2) is 28.0 Å². The smallest absolute Gasteiger partial charge is 0.333 e. The fourth-order valence-corrected chi connectivity index (χ4v) is 13.9. The molecule has 4 N–H and O–H groups in total. The molecule has 4 aliphatic rings. The number of amides is 2. The predicted octanol–water partition coefficient (Wildman–Crippen LogP) is 8.88. The number of allylic oxidation sites excluding steroid dienone is 7. The standard InChI is InChI=1S/C51H60N4O18S6/c1-50(2)40-32-37(76-73-71-60)17-21-42(40)54(29-9-31-77(61,62)63)44(50)23-13-34-10-6-11-35(49(34)75-36-15-18-38(19-16-36)79(66,67)68)14-24-45-51(3,4)41-33-39(20-22-43(41)53(45)28-8-30-74-72-70-59)78(64,65)52(5)27-7-12-48(58)69-55-46(56)25-26-47(55)57/h13-24,32-33H,6-12,25-31H2,1-5H3,(H3-,59,60,61,62,63,66,67,68)/p+1. The lowest BCUT2D eigenvalue weighted by Crippen LogP contribution is -2.32. The van der Waals surface area contributed by atoms with Gasteiger partial charge in [0.2, 0.25) is 15.7 Å². The molecule has 7 rings (SSSR count). The normalized spacial score (nSPS) is 18.6. The number of rotatable bonds is 26. The summed E-state index contributed by atoms with van der Waals surface area (Å²) in [4.78, 5) is 45.3. The first-order valence-corrected chi connectivity index (χ1v) is 31.8. The molecule has 1 aliphatic carbocycles. The molecule has 1 saturated heterocycles. The summed E-state index contributed by atoms with van der Waals surface area (Å²) in [5.74, 6) is -2.13. The van der Waals surface area contributed by atoms with Gasteiger partial charge in [-0.3, -0.25) is 18.7 Å². The molecule has 0 spiro atoms. The molecule has 22 nitrogen and oxygen atoms in total. The van der Waals surface area contributed by atoms with Crippen LogP contribution in [0.15, 0.2) is 126 Å².